The minimum absolute atomic E-state index is 0.213. The smallest absolute Gasteiger partial charge is 0.322 e. The third-order valence-electron chi connectivity index (χ3n) is 3.61. The van der Waals surface area contributed by atoms with Crippen LogP contribution in [0.15, 0.2) is 24.3 Å². The van der Waals surface area contributed by atoms with Gasteiger partial charge in [-0.25, -0.2) is 9.18 Å². The van der Waals surface area contributed by atoms with E-state index in [9.17, 15) is 9.18 Å². The highest BCUT2D eigenvalue weighted by atomic mass is 19.1. The van der Waals surface area contributed by atoms with Gasteiger partial charge in [-0.05, 0) is 30.7 Å². The van der Waals surface area contributed by atoms with Crippen LogP contribution in [0.4, 0.5) is 14.9 Å². The maximum Gasteiger partial charge on any atom is 0.322 e. The summed E-state index contributed by atoms with van der Waals surface area (Å²) in [7, 11) is 0. The van der Waals surface area contributed by atoms with Gasteiger partial charge in [0.15, 0.2) is 5.79 Å². The molecule has 2 aliphatic rings. The fraction of sp³-hybridized carbons (Fsp3) is 0.500. The summed E-state index contributed by atoms with van der Waals surface area (Å²) in [6, 6.07) is 5.49. The van der Waals surface area contributed by atoms with E-state index >= 15 is 0 Å². The van der Waals surface area contributed by atoms with Crippen molar-refractivity contribution < 1.29 is 18.7 Å². The Morgan fingerprint density at radius 2 is 1.95 bits per heavy atom. The number of piperidine rings is 1. The fourth-order valence-corrected chi connectivity index (χ4v) is 2.63. The van der Waals surface area contributed by atoms with Crippen molar-refractivity contribution in [2.24, 2.45) is 0 Å². The third-order valence-corrected chi connectivity index (χ3v) is 3.61. The van der Waals surface area contributed by atoms with Gasteiger partial charge in [-0.3, -0.25) is 0 Å². The van der Waals surface area contributed by atoms with Gasteiger partial charge in [0.05, 0.1) is 19.8 Å². The number of amides is 2. The van der Waals surface area contributed by atoms with Gasteiger partial charge in [0.2, 0.25) is 0 Å². The molecule has 3 rings (SSSR count). The summed E-state index contributed by atoms with van der Waals surface area (Å²) in [6.07, 6.45) is 1.66. The first-order valence-corrected chi connectivity index (χ1v) is 6.76. The average molecular weight is 280 g/mol. The van der Waals surface area contributed by atoms with Crippen LogP contribution in [-0.2, 0) is 9.47 Å². The molecule has 6 heteroatoms. The standard InChI is InChI=1S/C14H17FN2O3/c15-11-2-4-12(5-3-11)16-13(18)17-7-1-6-14(10-17)19-8-9-20-14/h2-5H,1,6-10H2,(H,16,18). The molecule has 108 valence electrons. The van der Waals surface area contributed by atoms with Crippen molar-refractivity contribution in [3.63, 3.8) is 0 Å². The van der Waals surface area contributed by atoms with Gasteiger partial charge >= 0.3 is 6.03 Å². The van der Waals surface area contributed by atoms with Gasteiger partial charge in [0, 0.05) is 18.7 Å². The number of benzene rings is 1. The topological polar surface area (TPSA) is 50.8 Å². The number of urea groups is 1. The van der Waals surface area contributed by atoms with E-state index in [1.807, 2.05) is 0 Å². The van der Waals surface area contributed by atoms with E-state index in [-0.39, 0.29) is 11.8 Å². The van der Waals surface area contributed by atoms with Crippen molar-refractivity contribution in [2.75, 3.05) is 31.6 Å². The molecular weight excluding hydrogens is 263 g/mol. The van der Waals surface area contributed by atoms with Crippen LogP contribution in [0.2, 0.25) is 0 Å². The minimum Gasteiger partial charge on any atom is -0.346 e. The molecule has 1 aromatic carbocycles. The van der Waals surface area contributed by atoms with E-state index in [0.29, 0.717) is 32.0 Å². The number of likely N-dealkylation sites (tertiary alicyclic amines) is 1. The normalized spacial score (nSPS) is 21.1. The van der Waals surface area contributed by atoms with Crippen molar-refractivity contribution in [3.8, 4) is 0 Å². The van der Waals surface area contributed by atoms with Crippen LogP contribution in [0.1, 0.15) is 12.8 Å². The highest BCUT2D eigenvalue weighted by molar-refractivity contribution is 5.89. The fourth-order valence-electron chi connectivity index (χ4n) is 2.63. The van der Waals surface area contributed by atoms with Crippen molar-refractivity contribution in [1.82, 2.24) is 4.90 Å². The predicted octanol–water partition coefficient (Wildman–Crippen LogP) is 2.20. The van der Waals surface area contributed by atoms with E-state index in [1.54, 1.807) is 4.90 Å². The van der Waals surface area contributed by atoms with Crippen LogP contribution in [0.5, 0.6) is 0 Å². The van der Waals surface area contributed by atoms with E-state index in [4.69, 9.17) is 9.47 Å². The van der Waals surface area contributed by atoms with Crippen molar-refractivity contribution in [2.45, 2.75) is 18.6 Å². The van der Waals surface area contributed by atoms with E-state index < -0.39 is 5.79 Å². The number of rotatable bonds is 1. The Kier molecular flexibility index (Phi) is 3.58. The summed E-state index contributed by atoms with van der Waals surface area (Å²) in [5, 5.41) is 2.75. The monoisotopic (exact) mass is 280 g/mol. The summed E-state index contributed by atoms with van der Waals surface area (Å²) in [5.41, 5.74) is 0.573. The summed E-state index contributed by atoms with van der Waals surface area (Å²) in [6.45, 7) is 2.25. The van der Waals surface area contributed by atoms with E-state index in [1.165, 1.54) is 24.3 Å². The second-order valence-corrected chi connectivity index (χ2v) is 5.07. The first-order chi connectivity index (χ1) is 9.67. The zero-order chi connectivity index (χ0) is 14.0. The third kappa shape index (κ3) is 2.76. The van der Waals surface area contributed by atoms with Crippen LogP contribution in [0, 0.1) is 5.82 Å². The number of anilines is 1. The number of hydrogen-bond acceptors (Lipinski definition) is 3. The molecule has 0 aliphatic carbocycles. The number of hydrogen-bond donors (Lipinski definition) is 1. The largest absolute Gasteiger partial charge is 0.346 e. The molecule has 1 spiro atoms. The predicted molar refractivity (Wildman–Crippen MR) is 70.9 cm³/mol. The quantitative estimate of drug-likeness (QED) is 0.858. The molecule has 5 nitrogen and oxygen atoms in total. The molecule has 0 saturated carbocycles. The highest BCUT2D eigenvalue weighted by Crippen LogP contribution is 2.30. The average Bonchev–Trinajstić information content (AvgIpc) is 2.89. The molecule has 0 bridgehead atoms. The lowest BCUT2D eigenvalue weighted by Gasteiger charge is -2.38. The number of halogens is 1. The Labute approximate surface area is 116 Å². The van der Waals surface area contributed by atoms with Crippen LogP contribution in [0.25, 0.3) is 0 Å². The number of carbonyl (C=O) groups excluding carboxylic acids is 1. The first-order valence-electron chi connectivity index (χ1n) is 6.76. The molecule has 2 heterocycles. The van der Waals surface area contributed by atoms with Gasteiger partial charge in [-0.15, -0.1) is 0 Å². The lowest BCUT2D eigenvalue weighted by molar-refractivity contribution is -0.182. The molecule has 2 aliphatic heterocycles. The molecule has 1 aromatic rings. The number of ether oxygens (including phenoxy) is 2. The van der Waals surface area contributed by atoms with Crippen molar-refractivity contribution in [1.29, 1.82) is 0 Å². The molecular formula is C14H17FN2O3. The zero-order valence-electron chi connectivity index (χ0n) is 11.1. The van der Waals surface area contributed by atoms with Crippen molar-refractivity contribution in [3.05, 3.63) is 30.1 Å². The molecule has 1 N–H and O–H groups in total. The summed E-state index contributed by atoms with van der Waals surface area (Å²) in [4.78, 5) is 13.9. The molecule has 2 fully saturated rings. The molecule has 0 unspecified atom stereocenters. The SMILES string of the molecule is O=C(Nc1ccc(F)cc1)N1CCCC2(C1)OCCO2. The van der Waals surface area contributed by atoms with Crippen LogP contribution >= 0.6 is 0 Å². The molecule has 0 radical (unpaired) electrons. The van der Waals surface area contributed by atoms with Crippen LogP contribution < -0.4 is 5.32 Å². The number of carbonyl (C=O) groups is 1. The molecule has 0 atom stereocenters. The van der Waals surface area contributed by atoms with Gasteiger partial charge < -0.3 is 19.7 Å². The number of nitrogens with zero attached hydrogens (tertiary/aromatic N) is 1. The zero-order valence-corrected chi connectivity index (χ0v) is 11.1. The second kappa shape index (κ2) is 5.38. The van der Waals surface area contributed by atoms with Gasteiger partial charge in [-0.2, -0.15) is 0 Å². The summed E-state index contributed by atoms with van der Waals surface area (Å²) >= 11 is 0. The molecule has 0 aromatic heterocycles. The molecule has 20 heavy (non-hydrogen) atoms. The maximum atomic E-state index is 12.8. The van der Waals surface area contributed by atoms with Gasteiger partial charge in [0.25, 0.3) is 0 Å². The second-order valence-electron chi connectivity index (χ2n) is 5.07. The minimum atomic E-state index is -0.627. The highest BCUT2D eigenvalue weighted by Gasteiger charge is 2.42. The molecule has 2 amide bonds. The van der Waals surface area contributed by atoms with Gasteiger partial charge in [0.1, 0.15) is 5.82 Å². The summed E-state index contributed by atoms with van der Waals surface area (Å²) in [5.74, 6) is -0.953. The number of nitrogens with one attached hydrogen (secondary N) is 1. The summed E-state index contributed by atoms with van der Waals surface area (Å²) < 4.78 is 24.1. The van der Waals surface area contributed by atoms with Gasteiger partial charge in [-0.1, -0.05) is 0 Å². The Morgan fingerprint density at radius 3 is 2.65 bits per heavy atom. The van der Waals surface area contributed by atoms with Crippen molar-refractivity contribution >= 4 is 11.7 Å². The Balaban J connectivity index is 1.63. The Hall–Kier alpha value is -1.66. The Bertz CT molecular complexity index is 486. The van der Waals surface area contributed by atoms with Crippen LogP contribution in [0.3, 0.4) is 0 Å². The van der Waals surface area contributed by atoms with E-state index in [0.717, 1.165) is 12.8 Å². The maximum absolute atomic E-state index is 12.8. The lowest BCUT2D eigenvalue weighted by atomic mass is 10.1. The van der Waals surface area contributed by atoms with E-state index in [2.05, 4.69) is 5.32 Å². The first kappa shape index (κ1) is 13.3. The Morgan fingerprint density at radius 1 is 1.25 bits per heavy atom. The molecule has 2 saturated heterocycles. The van der Waals surface area contributed by atoms with Crippen LogP contribution in [-0.4, -0.2) is 43.0 Å². The lowest BCUT2D eigenvalue weighted by Crippen LogP contribution is -2.52.